The molecule has 0 aliphatic heterocycles. The van der Waals surface area contributed by atoms with Crippen molar-refractivity contribution in [2.75, 3.05) is 0 Å². The maximum absolute atomic E-state index is 6.83. The minimum absolute atomic E-state index is 0.994. The first-order valence-corrected chi connectivity index (χ1v) is 16.4. The largest absolute Gasteiger partial charge is 0.453 e. The summed E-state index contributed by atoms with van der Waals surface area (Å²) in [5, 5.41) is 5.30. The third-order valence-electron chi connectivity index (χ3n) is 8.85. The second kappa shape index (κ2) is 7.68. The maximum Gasteiger partial charge on any atom is 0.170 e. The van der Waals surface area contributed by atoms with E-state index in [1.54, 1.807) is 0 Å². The molecule has 0 N–H and O–H groups in total. The van der Waals surface area contributed by atoms with E-state index in [4.69, 9.17) is 4.42 Å². The predicted molar refractivity (Wildman–Crippen MR) is 179 cm³/mol. The summed E-state index contributed by atoms with van der Waals surface area (Å²) in [6.45, 7) is 6.50. The summed E-state index contributed by atoms with van der Waals surface area (Å²) in [4.78, 5) is 2.93. The van der Waals surface area contributed by atoms with Crippen molar-refractivity contribution in [2.45, 2.75) is 27.2 Å². The lowest BCUT2D eigenvalue weighted by Crippen LogP contribution is -1.93. The van der Waals surface area contributed by atoms with Crippen LogP contribution in [0, 0.1) is 20.8 Å². The number of aryl methyl sites for hydroxylation is 3. The minimum atomic E-state index is 0.994. The van der Waals surface area contributed by atoms with Crippen molar-refractivity contribution >= 4 is 96.6 Å². The monoisotopic (exact) mass is 581 g/mol. The van der Waals surface area contributed by atoms with Gasteiger partial charge in [-0.15, -0.1) is 34.0 Å². The second-order valence-electron chi connectivity index (χ2n) is 11.6. The molecular formula is C36H23NOS3. The first-order chi connectivity index (χ1) is 20.0. The average molecular weight is 582 g/mol. The summed E-state index contributed by atoms with van der Waals surface area (Å²) >= 11 is 5.79. The Bertz CT molecular complexity index is 2580. The molecule has 5 aromatic heterocycles. The number of nitrogens with zero attached hydrogens (tertiary/aromatic N) is 1. The highest BCUT2D eigenvalue weighted by Crippen LogP contribution is 2.54. The lowest BCUT2D eigenvalue weighted by molar-refractivity contribution is 0.672. The molecule has 0 amide bonds. The van der Waals surface area contributed by atoms with Crippen molar-refractivity contribution in [3.63, 3.8) is 0 Å². The molecule has 1 aliphatic carbocycles. The van der Waals surface area contributed by atoms with Crippen LogP contribution in [0.25, 0.3) is 78.0 Å². The van der Waals surface area contributed by atoms with Gasteiger partial charge in [0.2, 0.25) is 0 Å². The second-order valence-corrected chi connectivity index (χ2v) is 14.7. The van der Waals surface area contributed by atoms with E-state index in [1.165, 1.54) is 94.6 Å². The summed E-state index contributed by atoms with van der Waals surface area (Å²) in [5.74, 6) is 0. The Balaban J connectivity index is 1.25. The van der Waals surface area contributed by atoms with Crippen molar-refractivity contribution in [1.29, 1.82) is 0 Å². The summed E-state index contributed by atoms with van der Waals surface area (Å²) in [6, 6.07) is 27.3. The number of fused-ring (bicyclic) bond motifs is 14. The van der Waals surface area contributed by atoms with Gasteiger partial charge in [0.25, 0.3) is 0 Å². The Morgan fingerprint density at radius 2 is 1.29 bits per heavy atom. The van der Waals surface area contributed by atoms with Crippen molar-refractivity contribution < 1.29 is 4.42 Å². The SMILES string of the molecule is Cc1ccc(-n2c3cc(C)ccc3c3sc4c5cc6sc7c(c6cc5oc4c32)Cc2c-7sc3cc(C)ccc23)cc1. The smallest absolute Gasteiger partial charge is 0.170 e. The van der Waals surface area contributed by atoms with Crippen LogP contribution in [0.4, 0.5) is 0 Å². The van der Waals surface area contributed by atoms with E-state index in [1.807, 2.05) is 34.0 Å². The molecule has 0 bridgehead atoms. The van der Waals surface area contributed by atoms with Crippen molar-refractivity contribution in [1.82, 2.24) is 4.57 Å². The fourth-order valence-corrected chi connectivity index (χ4v) is 10.9. The molecule has 9 aromatic rings. The normalized spacial score (nSPS) is 13.1. The van der Waals surface area contributed by atoms with E-state index >= 15 is 0 Å². The van der Waals surface area contributed by atoms with E-state index < -0.39 is 0 Å². The predicted octanol–water partition coefficient (Wildman–Crippen LogP) is 11.7. The molecule has 0 atom stereocenters. The maximum atomic E-state index is 6.83. The van der Waals surface area contributed by atoms with Gasteiger partial charge >= 0.3 is 0 Å². The van der Waals surface area contributed by atoms with Crippen LogP contribution in [-0.4, -0.2) is 4.57 Å². The lowest BCUT2D eigenvalue weighted by atomic mass is 10.1. The van der Waals surface area contributed by atoms with Crippen LogP contribution in [0.15, 0.2) is 77.2 Å². The molecule has 0 saturated carbocycles. The first kappa shape index (κ1) is 22.8. The highest BCUT2D eigenvalue weighted by molar-refractivity contribution is 7.29. The van der Waals surface area contributed by atoms with E-state index in [0.29, 0.717) is 0 Å². The Hall–Kier alpha value is -3.90. The Morgan fingerprint density at radius 3 is 2.10 bits per heavy atom. The third-order valence-corrected chi connectivity index (χ3v) is 12.6. The van der Waals surface area contributed by atoms with Gasteiger partial charge in [-0.3, -0.25) is 0 Å². The van der Waals surface area contributed by atoms with Crippen LogP contribution in [0.5, 0.6) is 0 Å². The number of furan rings is 1. The molecule has 2 nitrogen and oxygen atoms in total. The quantitative estimate of drug-likeness (QED) is 0.189. The Labute approximate surface area is 247 Å². The van der Waals surface area contributed by atoms with Gasteiger partial charge in [-0.1, -0.05) is 42.0 Å². The first-order valence-electron chi connectivity index (χ1n) is 14.0. The molecule has 0 unspecified atom stereocenters. The van der Waals surface area contributed by atoms with Gasteiger partial charge in [0.1, 0.15) is 11.1 Å². The molecule has 0 fully saturated rings. The number of benzene rings is 4. The number of hydrogen-bond donors (Lipinski definition) is 0. The van der Waals surface area contributed by atoms with Crippen LogP contribution < -0.4 is 0 Å². The summed E-state index contributed by atoms with van der Waals surface area (Å²) < 4.78 is 14.6. The zero-order chi connectivity index (χ0) is 27.1. The molecule has 10 rings (SSSR count). The fraction of sp³-hybridized carbons (Fsp3) is 0.111. The molecule has 0 radical (unpaired) electrons. The van der Waals surface area contributed by atoms with Crippen molar-refractivity contribution in [3.05, 3.63) is 101 Å². The van der Waals surface area contributed by atoms with Gasteiger partial charge in [-0.25, -0.2) is 0 Å². The van der Waals surface area contributed by atoms with Gasteiger partial charge in [0.15, 0.2) is 5.58 Å². The Morgan fingerprint density at radius 1 is 0.610 bits per heavy atom. The summed E-state index contributed by atoms with van der Waals surface area (Å²) in [7, 11) is 0. The minimum Gasteiger partial charge on any atom is -0.453 e. The van der Waals surface area contributed by atoms with Crippen LogP contribution in [-0.2, 0) is 6.42 Å². The molecule has 1 aliphatic rings. The molecule has 41 heavy (non-hydrogen) atoms. The van der Waals surface area contributed by atoms with Gasteiger partial charge < -0.3 is 8.98 Å². The van der Waals surface area contributed by atoms with Crippen LogP contribution in [0.1, 0.15) is 27.8 Å². The number of hydrogen-bond acceptors (Lipinski definition) is 4. The highest BCUT2D eigenvalue weighted by atomic mass is 32.1. The lowest BCUT2D eigenvalue weighted by Gasteiger charge is -2.08. The number of thiophene rings is 3. The molecule has 0 saturated heterocycles. The average Bonchev–Trinajstić information content (AvgIpc) is 3.77. The van der Waals surface area contributed by atoms with Crippen molar-refractivity contribution in [2.24, 2.45) is 0 Å². The highest BCUT2D eigenvalue weighted by Gasteiger charge is 2.29. The van der Waals surface area contributed by atoms with Gasteiger partial charge in [-0.05, 0) is 84.8 Å². The van der Waals surface area contributed by atoms with Gasteiger partial charge in [0, 0.05) is 47.4 Å². The van der Waals surface area contributed by atoms with Gasteiger partial charge in [-0.2, -0.15) is 0 Å². The van der Waals surface area contributed by atoms with E-state index in [-0.39, 0.29) is 0 Å². The molecule has 4 aromatic carbocycles. The van der Waals surface area contributed by atoms with Crippen molar-refractivity contribution in [3.8, 4) is 15.4 Å². The zero-order valence-electron chi connectivity index (χ0n) is 22.7. The molecule has 0 spiro atoms. The third kappa shape index (κ3) is 2.91. The van der Waals surface area contributed by atoms with Crippen LogP contribution in [0.3, 0.4) is 0 Å². The Kier molecular flexibility index (Phi) is 4.26. The standard InChI is InChI=1S/C36H23NOS3/c1-17-4-8-20(9-5-17)37-27-12-18(2)7-11-22(27)33-31(37)32-34(41-33)26-16-30-23(15-28(26)38-32)25-14-24-21-10-6-19(3)13-29(21)39-35(24)36(25)40-30/h4-13,15-16H,14H2,1-3H3. The molecule has 5 heteroatoms. The fourth-order valence-electron chi connectivity index (χ4n) is 6.86. The summed E-state index contributed by atoms with van der Waals surface area (Å²) in [6.07, 6.45) is 1.01. The zero-order valence-corrected chi connectivity index (χ0v) is 25.2. The van der Waals surface area contributed by atoms with E-state index in [0.717, 1.165) is 17.6 Å². The summed E-state index contributed by atoms with van der Waals surface area (Å²) in [5.41, 5.74) is 12.4. The topological polar surface area (TPSA) is 18.1 Å². The molecule has 196 valence electrons. The van der Waals surface area contributed by atoms with Crippen LogP contribution in [0.2, 0.25) is 0 Å². The molecule has 5 heterocycles. The number of rotatable bonds is 1. The van der Waals surface area contributed by atoms with E-state index in [2.05, 4.69) is 98.1 Å². The van der Waals surface area contributed by atoms with Gasteiger partial charge in [0.05, 0.1) is 14.9 Å². The molecular weight excluding hydrogens is 559 g/mol. The van der Waals surface area contributed by atoms with E-state index in [9.17, 15) is 0 Å². The number of aromatic nitrogens is 1. The van der Waals surface area contributed by atoms with Crippen LogP contribution >= 0.6 is 34.0 Å².